The van der Waals surface area contributed by atoms with Gasteiger partial charge in [-0.05, 0) is 60.9 Å². The van der Waals surface area contributed by atoms with E-state index >= 15 is 0 Å². The number of amides is 3. The van der Waals surface area contributed by atoms with E-state index in [1.54, 1.807) is 60.4 Å². The molecule has 3 amide bonds. The average Bonchev–Trinajstić information content (AvgIpc) is 2.94. The van der Waals surface area contributed by atoms with Gasteiger partial charge in [0.15, 0.2) is 6.61 Å². The van der Waals surface area contributed by atoms with Crippen molar-refractivity contribution in [3.63, 3.8) is 0 Å². The number of nitrogens with zero attached hydrogens (tertiary/aromatic N) is 1. The molecule has 3 aromatic carbocycles. The van der Waals surface area contributed by atoms with Crippen molar-refractivity contribution in [1.29, 1.82) is 0 Å². The Kier molecular flexibility index (Phi) is 9.22. The summed E-state index contributed by atoms with van der Waals surface area (Å²) >= 11 is 5.87. The molecular formula is C30H30ClN3O5. The smallest absolute Gasteiger partial charge is 0.338 e. The Morgan fingerprint density at radius 2 is 1.67 bits per heavy atom. The molecule has 3 aromatic rings. The Balaban J connectivity index is 1.60. The Morgan fingerprint density at radius 3 is 2.31 bits per heavy atom. The lowest BCUT2D eigenvalue weighted by molar-refractivity contribution is -0.139. The van der Waals surface area contributed by atoms with E-state index < -0.39 is 12.0 Å². The Morgan fingerprint density at radius 1 is 0.974 bits per heavy atom. The number of rotatable bonds is 10. The summed E-state index contributed by atoms with van der Waals surface area (Å²) in [4.78, 5) is 40.5. The first-order valence-corrected chi connectivity index (χ1v) is 13.1. The maximum absolute atomic E-state index is 13.3. The van der Waals surface area contributed by atoms with E-state index in [1.807, 2.05) is 37.3 Å². The van der Waals surface area contributed by atoms with Gasteiger partial charge in [0, 0.05) is 17.3 Å². The zero-order valence-corrected chi connectivity index (χ0v) is 22.5. The number of halogens is 1. The van der Waals surface area contributed by atoms with E-state index in [0.29, 0.717) is 46.3 Å². The van der Waals surface area contributed by atoms with Crippen LogP contribution in [0.1, 0.15) is 37.4 Å². The van der Waals surface area contributed by atoms with Crippen molar-refractivity contribution in [1.82, 2.24) is 10.2 Å². The van der Waals surface area contributed by atoms with Crippen LogP contribution in [0, 0.1) is 0 Å². The van der Waals surface area contributed by atoms with E-state index in [-0.39, 0.29) is 25.2 Å². The Hall–Kier alpha value is -4.30. The minimum absolute atomic E-state index is 0.175. The van der Waals surface area contributed by atoms with Crippen LogP contribution >= 0.6 is 11.6 Å². The maximum Gasteiger partial charge on any atom is 0.338 e. The number of hydrogen-bond acceptors (Lipinski definition) is 5. The molecule has 202 valence electrons. The number of nitrogens with one attached hydrogen (secondary N) is 2. The molecule has 39 heavy (non-hydrogen) atoms. The van der Waals surface area contributed by atoms with Crippen molar-refractivity contribution < 1.29 is 23.9 Å². The lowest BCUT2D eigenvalue weighted by Crippen LogP contribution is -2.48. The molecule has 8 nitrogen and oxygen atoms in total. The van der Waals surface area contributed by atoms with E-state index in [1.165, 1.54) is 0 Å². The van der Waals surface area contributed by atoms with Crippen molar-refractivity contribution in [2.24, 2.45) is 0 Å². The second-order valence-electron chi connectivity index (χ2n) is 8.80. The topological polar surface area (TPSA) is 97.0 Å². The standard InChI is InChI=1S/C30H30ClN3O5/c1-3-18-34-28(21-8-6-5-7-9-21)26(29(36)38-4-2)27(33-30(34)37)20-10-14-23(15-11-20)32-25(35)19-39-24-16-12-22(31)13-17-24/h5-17,27H,3-4,18-19H2,1-2H3,(H,32,35)(H,33,37). The molecular weight excluding hydrogens is 518 g/mol. The first-order chi connectivity index (χ1) is 18.9. The van der Waals surface area contributed by atoms with Gasteiger partial charge in [-0.15, -0.1) is 0 Å². The van der Waals surface area contributed by atoms with Gasteiger partial charge in [0.05, 0.1) is 23.9 Å². The molecule has 1 aliphatic heterocycles. The highest BCUT2D eigenvalue weighted by molar-refractivity contribution is 6.30. The summed E-state index contributed by atoms with van der Waals surface area (Å²) in [5, 5.41) is 6.34. The normalized spacial score (nSPS) is 15.0. The lowest BCUT2D eigenvalue weighted by atomic mass is 9.91. The van der Waals surface area contributed by atoms with Crippen molar-refractivity contribution in [2.75, 3.05) is 25.1 Å². The average molecular weight is 548 g/mol. The first kappa shape index (κ1) is 27.7. The summed E-state index contributed by atoms with van der Waals surface area (Å²) < 4.78 is 10.9. The van der Waals surface area contributed by atoms with Crippen molar-refractivity contribution in [3.8, 4) is 5.75 Å². The Bertz CT molecular complexity index is 1340. The van der Waals surface area contributed by atoms with E-state index in [0.717, 1.165) is 5.56 Å². The van der Waals surface area contributed by atoms with Crippen LogP contribution in [0.2, 0.25) is 5.02 Å². The van der Waals surface area contributed by atoms with Crippen LogP contribution in [0.15, 0.2) is 84.4 Å². The largest absolute Gasteiger partial charge is 0.484 e. The molecule has 9 heteroatoms. The molecule has 0 saturated heterocycles. The lowest BCUT2D eigenvalue weighted by Gasteiger charge is -2.36. The summed E-state index contributed by atoms with van der Waals surface area (Å²) in [7, 11) is 0. The molecule has 1 atom stereocenters. The fourth-order valence-electron chi connectivity index (χ4n) is 4.31. The molecule has 0 aliphatic carbocycles. The quantitative estimate of drug-likeness (QED) is 0.312. The van der Waals surface area contributed by atoms with E-state index in [9.17, 15) is 14.4 Å². The van der Waals surface area contributed by atoms with Crippen molar-refractivity contribution in [3.05, 3.63) is 101 Å². The third kappa shape index (κ3) is 6.78. The fraction of sp³-hybridized carbons (Fsp3) is 0.233. The highest BCUT2D eigenvalue weighted by Crippen LogP contribution is 2.37. The van der Waals surface area contributed by atoms with Crippen LogP contribution in [0.25, 0.3) is 5.70 Å². The van der Waals surface area contributed by atoms with Crippen LogP contribution in [-0.4, -0.2) is 42.6 Å². The van der Waals surface area contributed by atoms with Crippen LogP contribution in [0.5, 0.6) is 5.75 Å². The van der Waals surface area contributed by atoms with Crippen LogP contribution in [0.3, 0.4) is 0 Å². The number of esters is 1. The molecule has 0 fully saturated rings. The second kappa shape index (κ2) is 13.0. The number of urea groups is 1. The van der Waals surface area contributed by atoms with Crippen LogP contribution in [0.4, 0.5) is 10.5 Å². The molecule has 1 unspecified atom stereocenters. The summed E-state index contributed by atoms with van der Waals surface area (Å²) in [6.45, 7) is 4.18. The number of hydrogen-bond donors (Lipinski definition) is 2. The number of anilines is 1. The zero-order chi connectivity index (χ0) is 27.8. The molecule has 1 heterocycles. The van der Waals surface area contributed by atoms with Gasteiger partial charge in [-0.3, -0.25) is 9.69 Å². The number of carbonyl (C=O) groups is 3. The molecule has 2 N–H and O–H groups in total. The summed E-state index contributed by atoms with van der Waals surface area (Å²) in [5.41, 5.74) is 2.85. The minimum atomic E-state index is -0.738. The van der Waals surface area contributed by atoms with Gasteiger partial charge < -0.3 is 20.1 Å². The predicted octanol–water partition coefficient (Wildman–Crippen LogP) is 5.81. The second-order valence-corrected chi connectivity index (χ2v) is 9.23. The van der Waals surface area contributed by atoms with Crippen molar-refractivity contribution in [2.45, 2.75) is 26.3 Å². The van der Waals surface area contributed by atoms with Crippen molar-refractivity contribution >= 4 is 40.9 Å². The maximum atomic E-state index is 13.3. The van der Waals surface area contributed by atoms with Gasteiger partial charge in [0.25, 0.3) is 5.91 Å². The van der Waals surface area contributed by atoms with Gasteiger partial charge in [0.1, 0.15) is 5.75 Å². The summed E-state index contributed by atoms with van der Waals surface area (Å²) in [5.74, 6) is -0.306. The third-order valence-corrected chi connectivity index (χ3v) is 6.28. The van der Waals surface area contributed by atoms with E-state index in [2.05, 4.69) is 10.6 Å². The van der Waals surface area contributed by atoms with Crippen LogP contribution < -0.4 is 15.4 Å². The summed E-state index contributed by atoms with van der Waals surface area (Å²) in [6, 6.07) is 22.0. The number of ether oxygens (including phenoxy) is 2. The third-order valence-electron chi connectivity index (χ3n) is 6.03. The van der Waals surface area contributed by atoms with Crippen LogP contribution in [-0.2, 0) is 14.3 Å². The monoisotopic (exact) mass is 547 g/mol. The molecule has 0 saturated carbocycles. The van der Waals surface area contributed by atoms with Gasteiger partial charge in [-0.1, -0.05) is 61.0 Å². The molecule has 1 aliphatic rings. The van der Waals surface area contributed by atoms with Gasteiger partial charge >= 0.3 is 12.0 Å². The predicted molar refractivity (Wildman–Crippen MR) is 150 cm³/mol. The molecule has 0 spiro atoms. The molecule has 4 rings (SSSR count). The number of benzene rings is 3. The molecule has 0 radical (unpaired) electrons. The summed E-state index contributed by atoms with van der Waals surface area (Å²) in [6.07, 6.45) is 0.709. The minimum Gasteiger partial charge on any atom is -0.484 e. The SMILES string of the molecule is CCCN1C(=O)NC(c2ccc(NC(=O)COc3ccc(Cl)cc3)cc2)C(C(=O)OCC)=C1c1ccccc1. The fourth-order valence-corrected chi connectivity index (χ4v) is 4.44. The highest BCUT2D eigenvalue weighted by atomic mass is 35.5. The highest BCUT2D eigenvalue weighted by Gasteiger charge is 2.38. The molecule has 0 bridgehead atoms. The Labute approximate surface area is 232 Å². The van der Waals surface area contributed by atoms with E-state index in [4.69, 9.17) is 21.1 Å². The van der Waals surface area contributed by atoms with Gasteiger partial charge in [-0.2, -0.15) is 0 Å². The molecule has 0 aromatic heterocycles. The van der Waals surface area contributed by atoms with Gasteiger partial charge in [-0.25, -0.2) is 9.59 Å². The number of carbonyl (C=O) groups excluding carboxylic acids is 3. The zero-order valence-electron chi connectivity index (χ0n) is 21.8. The van der Waals surface area contributed by atoms with Gasteiger partial charge in [0.2, 0.25) is 0 Å². The first-order valence-electron chi connectivity index (χ1n) is 12.7.